The van der Waals surface area contributed by atoms with E-state index < -0.39 is 5.97 Å². The quantitative estimate of drug-likeness (QED) is 0.701. The molecule has 0 aromatic carbocycles. The number of H-pyrrole nitrogens is 1. The van der Waals surface area contributed by atoms with Crippen molar-refractivity contribution in [1.29, 1.82) is 0 Å². The molecule has 0 radical (unpaired) electrons. The van der Waals surface area contributed by atoms with E-state index in [1.165, 1.54) is 0 Å². The number of nitrogen functional groups attached to an aromatic ring is 1. The molecule has 2 heterocycles. The second-order valence-electron chi connectivity index (χ2n) is 3.31. The molecule has 2 aromatic rings. The van der Waals surface area contributed by atoms with Crippen LogP contribution in [0.25, 0.3) is 11.0 Å². The molecule has 0 amide bonds. The summed E-state index contributed by atoms with van der Waals surface area (Å²) in [5.41, 5.74) is 8.14. The van der Waals surface area contributed by atoms with Crippen LogP contribution in [0, 0.1) is 0 Å². The topological polar surface area (TPSA) is 92.0 Å². The van der Waals surface area contributed by atoms with Crippen LogP contribution in [0.3, 0.4) is 0 Å². The summed E-state index contributed by atoms with van der Waals surface area (Å²) in [6.07, 6.45) is 2.13. The maximum absolute atomic E-state index is 10.5. The first-order valence-electron chi connectivity index (χ1n) is 4.61. The van der Waals surface area contributed by atoms with Gasteiger partial charge in [-0.15, -0.1) is 0 Å². The number of pyridine rings is 1. The number of fused-ring (bicyclic) bond motifs is 1. The third-order valence-electron chi connectivity index (χ3n) is 2.28. The van der Waals surface area contributed by atoms with E-state index in [1.54, 1.807) is 12.3 Å². The number of nitrogens with zero attached hydrogens (tertiary/aromatic N) is 1. The summed E-state index contributed by atoms with van der Waals surface area (Å²) in [7, 11) is 0. The van der Waals surface area contributed by atoms with Crippen molar-refractivity contribution in [3.05, 3.63) is 23.9 Å². The lowest BCUT2D eigenvalue weighted by Gasteiger charge is -1.96. The van der Waals surface area contributed by atoms with Crippen molar-refractivity contribution in [2.75, 3.05) is 5.73 Å². The Labute approximate surface area is 85.9 Å². The lowest BCUT2D eigenvalue weighted by atomic mass is 10.1. The Bertz CT molecular complexity index is 504. The van der Waals surface area contributed by atoms with E-state index in [0.29, 0.717) is 12.2 Å². The molecule has 0 bridgehead atoms. The summed E-state index contributed by atoms with van der Waals surface area (Å²) >= 11 is 0. The molecule has 0 aliphatic heterocycles. The van der Waals surface area contributed by atoms with Crippen LogP contribution in [-0.2, 0) is 11.2 Å². The van der Waals surface area contributed by atoms with E-state index in [2.05, 4.69) is 9.97 Å². The summed E-state index contributed by atoms with van der Waals surface area (Å²) in [6, 6.07) is 3.67. The molecule has 0 spiro atoms. The first-order chi connectivity index (χ1) is 7.18. The van der Waals surface area contributed by atoms with Gasteiger partial charge in [0.1, 0.15) is 5.82 Å². The zero-order valence-corrected chi connectivity index (χ0v) is 8.03. The molecule has 0 atom stereocenters. The van der Waals surface area contributed by atoms with Crippen LogP contribution in [0.15, 0.2) is 18.3 Å². The molecule has 0 fully saturated rings. The summed E-state index contributed by atoms with van der Waals surface area (Å²) in [5, 5.41) is 8.60. The van der Waals surface area contributed by atoms with Gasteiger partial charge in [-0.05, 0) is 18.6 Å². The third-order valence-corrected chi connectivity index (χ3v) is 2.28. The molecule has 0 unspecified atom stereocenters. The fourth-order valence-electron chi connectivity index (χ4n) is 1.58. The maximum Gasteiger partial charge on any atom is 0.303 e. The van der Waals surface area contributed by atoms with Crippen molar-refractivity contribution >= 4 is 22.8 Å². The van der Waals surface area contributed by atoms with Crippen LogP contribution in [-0.4, -0.2) is 21.0 Å². The average Bonchev–Trinajstić information content (AvgIpc) is 2.50. The first-order valence-corrected chi connectivity index (χ1v) is 4.61. The third kappa shape index (κ3) is 1.76. The van der Waals surface area contributed by atoms with Crippen molar-refractivity contribution < 1.29 is 9.90 Å². The number of carboxylic acid groups (broad SMARTS) is 1. The number of aryl methyl sites for hydroxylation is 1. The number of aromatic nitrogens is 2. The predicted octanol–water partition coefficient (Wildman–Crippen LogP) is 1.16. The average molecular weight is 205 g/mol. The SMILES string of the molecule is Nc1[nH]c2cccnc2c1CCC(=O)O. The van der Waals surface area contributed by atoms with Gasteiger partial charge in [0.25, 0.3) is 0 Å². The van der Waals surface area contributed by atoms with Crippen molar-refractivity contribution in [3.8, 4) is 0 Å². The molecular formula is C10H11N3O2. The van der Waals surface area contributed by atoms with E-state index in [-0.39, 0.29) is 6.42 Å². The van der Waals surface area contributed by atoms with Gasteiger partial charge in [-0.25, -0.2) is 0 Å². The van der Waals surface area contributed by atoms with Gasteiger partial charge >= 0.3 is 5.97 Å². The van der Waals surface area contributed by atoms with Crippen LogP contribution in [0.2, 0.25) is 0 Å². The Kier molecular flexibility index (Phi) is 2.29. The minimum atomic E-state index is -0.834. The summed E-state index contributed by atoms with van der Waals surface area (Å²) in [6.45, 7) is 0. The molecule has 2 rings (SSSR count). The second-order valence-corrected chi connectivity index (χ2v) is 3.31. The number of hydrogen-bond donors (Lipinski definition) is 3. The Balaban J connectivity index is 2.40. The van der Waals surface area contributed by atoms with Gasteiger partial charge in [-0.2, -0.15) is 0 Å². The molecular weight excluding hydrogens is 194 g/mol. The lowest BCUT2D eigenvalue weighted by molar-refractivity contribution is -0.136. The normalized spacial score (nSPS) is 10.7. The van der Waals surface area contributed by atoms with E-state index in [1.807, 2.05) is 6.07 Å². The van der Waals surface area contributed by atoms with Gasteiger partial charge in [0.05, 0.1) is 11.0 Å². The number of carboxylic acids is 1. The molecule has 4 N–H and O–H groups in total. The van der Waals surface area contributed by atoms with Crippen molar-refractivity contribution in [2.24, 2.45) is 0 Å². The molecule has 15 heavy (non-hydrogen) atoms. The first kappa shape index (κ1) is 9.51. The number of nitrogens with two attached hydrogens (primary N) is 1. The van der Waals surface area contributed by atoms with Crippen LogP contribution >= 0.6 is 0 Å². The van der Waals surface area contributed by atoms with E-state index in [0.717, 1.165) is 16.6 Å². The van der Waals surface area contributed by atoms with Gasteiger partial charge in [0, 0.05) is 18.2 Å². The second kappa shape index (κ2) is 3.61. The predicted molar refractivity (Wildman–Crippen MR) is 56.5 cm³/mol. The zero-order valence-electron chi connectivity index (χ0n) is 8.03. The van der Waals surface area contributed by atoms with Gasteiger partial charge in [-0.1, -0.05) is 0 Å². The monoisotopic (exact) mass is 205 g/mol. The molecule has 0 aliphatic carbocycles. The van der Waals surface area contributed by atoms with Gasteiger partial charge in [0.15, 0.2) is 0 Å². The Morgan fingerprint density at radius 2 is 2.40 bits per heavy atom. The van der Waals surface area contributed by atoms with Crippen LogP contribution < -0.4 is 5.73 Å². The largest absolute Gasteiger partial charge is 0.481 e. The number of aliphatic carboxylic acids is 1. The van der Waals surface area contributed by atoms with Crippen LogP contribution in [0.1, 0.15) is 12.0 Å². The smallest absolute Gasteiger partial charge is 0.303 e. The van der Waals surface area contributed by atoms with Gasteiger partial charge in [0.2, 0.25) is 0 Å². The lowest BCUT2D eigenvalue weighted by Crippen LogP contribution is -1.99. The highest BCUT2D eigenvalue weighted by Gasteiger charge is 2.10. The number of rotatable bonds is 3. The van der Waals surface area contributed by atoms with E-state index in [4.69, 9.17) is 10.8 Å². The maximum atomic E-state index is 10.5. The Morgan fingerprint density at radius 3 is 3.13 bits per heavy atom. The summed E-state index contributed by atoms with van der Waals surface area (Å²) in [4.78, 5) is 17.6. The fourth-order valence-corrected chi connectivity index (χ4v) is 1.58. The highest BCUT2D eigenvalue weighted by Crippen LogP contribution is 2.23. The van der Waals surface area contributed by atoms with Crippen molar-refractivity contribution in [2.45, 2.75) is 12.8 Å². The van der Waals surface area contributed by atoms with Crippen molar-refractivity contribution in [1.82, 2.24) is 9.97 Å². The number of aromatic amines is 1. The van der Waals surface area contributed by atoms with Crippen molar-refractivity contribution in [3.63, 3.8) is 0 Å². The van der Waals surface area contributed by atoms with E-state index in [9.17, 15) is 4.79 Å². The van der Waals surface area contributed by atoms with Gasteiger partial charge < -0.3 is 15.8 Å². The molecule has 5 nitrogen and oxygen atoms in total. The molecule has 0 saturated heterocycles. The Morgan fingerprint density at radius 1 is 1.60 bits per heavy atom. The number of nitrogens with one attached hydrogen (secondary N) is 1. The zero-order chi connectivity index (χ0) is 10.8. The summed E-state index contributed by atoms with van der Waals surface area (Å²) in [5.74, 6) is -0.329. The molecule has 0 aliphatic rings. The molecule has 2 aromatic heterocycles. The standard InChI is InChI=1S/C10H11N3O2/c11-10-6(3-4-8(14)15)9-7(13-10)2-1-5-12-9/h1-2,5,13H,3-4,11H2,(H,14,15). The van der Waals surface area contributed by atoms with E-state index >= 15 is 0 Å². The number of anilines is 1. The van der Waals surface area contributed by atoms with Crippen LogP contribution in [0.5, 0.6) is 0 Å². The number of hydrogen-bond acceptors (Lipinski definition) is 3. The molecule has 0 saturated carbocycles. The molecule has 78 valence electrons. The summed E-state index contributed by atoms with van der Waals surface area (Å²) < 4.78 is 0. The minimum Gasteiger partial charge on any atom is -0.481 e. The highest BCUT2D eigenvalue weighted by atomic mass is 16.4. The number of carbonyl (C=O) groups is 1. The Hall–Kier alpha value is -2.04. The molecule has 5 heteroatoms. The fraction of sp³-hybridized carbons (Fsp3) is 0.200. The van der Waals surface area contributed by atoms with Gasteiger partial charge in [-0.3, -0.25) is 9.78 Å². The highest BCUT2D eigenvalue weighted by molar-refractivity contribution is 5.84. The minimum absolute atomic E-state index is 0.0632. The van der Waals surface area contributed by atoms with Crippen LogP contribution in [0.4, 0.5) is 5.82 Å².